The molecule has 0 unspecified atom stereocenters. The third-order valence-corrected chi connectivity index (χ3v) is 3.96. The average Bonchev–Trinajstić information content (AvgIpc) is 2.29. The molecule has 0 aromatic heterocycles. The first kappa shape index (κ1) is 15.2. The molecule has 0 spiro atoms. The largest absolute Gasteiger partial charge is 0.456 e. The van der Waals surface area contributed by atoms with E-state index in [1.54, 1.807) is 6.07 Å². The van der Waals surface area contributed by atoms with Gasteiger partial charge in [-0.15, -0.1) is 0 Å². The van der Waals surface area contributed by atoms with Crippen molar-refractivity contribution in [2.24, 2.45) is 5.14 Å². The van der Waals surface area contributed by atoms with Gasteiger partial charge in [-0.2, -0.15) is 0 Å². The summed E-state index contributed by atoms with van der Waals surface area (Å²) in [5, 5.41) is 5.04. The highest BCUT2D eigenvalue weighted by Gasteiger charge is 2.12. The van der Waals surface area contributed by atoms with Gasteiger partial charge in [-0.25, -0.2) is 17.9 Å². The number of sulfonamides is 1. The molecule has 0 atom stereocenters. The average molecular weight is 381 g/mol. The third-order valence-electron chi connectivity index (χ3n) is 2.30. The van der Waals surface area contributed by atoms with Crippen LogP contribution in [-0.4, -0.2) is 8.42 Å². The van der Waals surface area contributed by atoms with Crippen LogP contribution < -0.4 is 9.88 Å². The number of hydrogen-bond acceptors (Lipinski definition) is 3. The molecule has 0 saturated carbocycles. The van der Waals surface area contributed by atoms with Crippen molar-refractivity contribution in [1.82, 2.24) is 0 Å². The van der Waals surface area contributed by atoms with Gasteiger partial charge in [-0.1, -0.05) is 27.5 Å². The van der Waals surface area contributed by atoms with Crippen molar-refractivity contribution in [3.05, 3.63) is 51.7 Å². The van der Waals surface area contributed by atoms with Crippen LogP contribution in [0.4, 0.5) is 4.39 Å². The topological polar surface area (TPSA) is 69.4 Å². The lowest BCUT2D eigenvalue weighted by Gasteiger charge is -2.09. The van der Waals surface area contributed by atoms with Gasteiger partial charge < -0.3 is 4.74 Å². The number of hydrogen-bond donors (Lipinski definition) is 1. The Hall–Kier alpha value is -1.15. The van der Waals surface area contributed by atoms with E-state index in [1.807, 2.05) is 0 Å². The van der Waals surface area contributed by atoms with Gasteiger partial charge in [0.1, 0.15) is 17.3 Å². The second kappa shape index (κ2) is 5.69. The van der Waals surface area contributed by atoms with Gasteiger partial charge in [0.2, 0.25) is 10.0 Å². The zero-order chi connectivity index (χ0) is 14.9. The van der Waals surface area contributed by atoms with E-state index in [0.29, 0.717) is 4.47 Å². The van der Waals surface area contributed by atoms with E-state index in [1.165, 1.54) is 30.3 Å². The summed E-state index contributed by atoms with van der Waals surface area (Å²) >= 11 is 9.05. The minimum Gasteiger partial charge on any atom is -0.456 e. The van der Waals surface area contributed by atoms with Gasteiger partial charge in [-0.05, 0) is 30.3 Å². The van der Waals surface area contributed by atoms with Crippen molar-refractivity contribution in [3.8, 4) is 11.5 Å². The Kier molecular flexibility index (Phi) is 4.33. The number of halogens is 3. The number of nitrogens with two attached hydrogens (primary N) is 1. The molecule has 2 rings (SSSR count). The van der Waals surface area contributed by atoms with Crippen LogP contribution in [0.1, 0.15) is 0 Å². The molecule has 0 radical (unpaired) electrons. The standard InChI is InChI=1S/C12H8BrClFNO3S/c13-7-3-8(15)5-9(4-7)19-12-2-1-10(6-11(12)14)20(16,17)18/h1-6H,(H2,16,17,18). The predicted octanol–water partition coefficient (Wildman–Crippen LogP) is 3.68. The Balaban J connectivity index is 2.35. The lowest BCUT2D eigenvalue weighted by atomic mass is 10.3. The normalized spacial score (nSPS) is 11.4. The van der Waals surface area contributed by atoms with E-state index < -0.39 is 15.8 Å². The molecule has 2 aromatic rings. The summed E-state index contributed by atoms with van der Waals surface area (Å²) in [5.41, 5.74) is 0. The first-order valence-corrected chi connectivity index (χ1v) is 7.94. The number of rotatable bonds is 3. The molecular formula is C12H8BrClFNO3S. The minimum atomic E-state index is -3.84. The molecule has 0 aliphatic carbocycles. The van der Waals surface area contributed by atoms with Crippen LogP contribution in [0.5, 0.6) is 11.5 Å². The summed E-state index contributed by atoms with van der Waals surface area (Å²) in [7, 11) is -3.84. The van der Waals surface area contributed by atoms with E-state index in [9.17, 15) is 12.8 Å². The monoisotopic (exact) mass is 379 g/mol. The third kappa shape index (κ3) is 3.69. The van der Waals surface area contributed by atoms with Crippen LogP contribution in [0.3, 0.4) is 0 Å². The first-order valence-electron chi connectivity index (χ1n) is 5.22. The van der Waals surface area contributed by atoms with Gasteiger partial charge >= 0.3 is 0 Å². The van der Waals surface area contributed by atoms with E-state index in [0.717, 1.165) is 0 Å². The second-order valence-corrected chi connectivity index (χ2v) is 6.73. The lowest BCUT2D eigenvalue weighted by molar-refractivity contribution is 0.476. The van der Waals surface area contributed by atoms with Crippen molar-refractivity contribution in [1.29, 1.82) is 0 Å². The van der Waals surface area contributed by atoms with Crippen molar-refractivity contribution in [2.75, 3.05) is 0 Å². The minimum absolute atomic E-state index is 0.0527. The maximum atomic E-state index is 13.2. The van der Waals surface area contributed by atoms with Gasteiger partial charge in [0.25, 0.3) is 0 Å². The summed E-state index contributed by atoms with van der Waals surface area (Å²) in [5.74, 6) is -0.0645. The summed E-state index contributed by atoms with van der Waals surface area (Å²) in [6, 6.07) is 7.77. The van der Waals surface area contributed by atoms with Crippen molar-refractivity contribution < 1.29 is 17.5 Å². The Labute approximate surface area is 128 Å². The molecule has 20 heavy (non-hydrogen) atoms. The van der Waals surface area contributed by atoms with E-state index in [-0.39, 0.29) is 21.4 Å². The summed E-state index contributed by atoms with van der Waals surface area (Å²) in [6.45, 7) is 0. The smallest absolute Gasteiger partial charge is 0.238 e. The molecular weight excluding hydrogens is 373 g/mol. The summed E-state index contributed by atoms with van der Waals surface area (Å²) < 4.78 is 41.5. The van der Waals surface area contributed by atoms with Crippen molar-refractivity contribution >= 4 is 37.6 Å². The number of ether oxygens (including phenoxy) is 1. The Morgan fingerprint density at radius 3 is 2.45 bits per heavy atom. The van der Waals surface area contributed by atoms with Gasteiger partial charge in [0, 0.05) is 10.5 Å². The molecule has 0 aliphatic rings. The highest BCUT2D eigenvalue weighted by Crippen LogP contribution is 2.32. The highest BCUT2D eigenvalue weighted by molar-refractivity contribution is 9.10. The molecule has 0 aliphatic heterocycles. The molecule has 2 aromatic carbocycles. The molecule has 4 nitrogen and oxygen atoms in total. The van der Waals surface area contributed by atoms with E-state index in [4.69, 9.17) is 21.5 Å². The van der Waals surface area contributed by atoms with Gasteiger partial charge in [-0.3, -0.25) is 0 Å². The molecule has 0 bridgehead atoms. The molecule has 2 N–H and O–H groups in total. The number of primary sulfonamides is 1. The zero-order valence-electron chi connectivity index (χ0n) is 9.81. The zero-order valence-corrected chi connectivity index (χ0v) is 13.0. The molecule has 0 heterocycles. The maximum absolute atomic E-state index is 13.2. The van der Waals surface area contributed by atoms with Crippen LogP contribution in [0.25, 0.3) is 0 Å². The van der Waals surface area contributed by atoms with E-state index in [2.05, 4.69) is 15.9 Å². The summed E-state index contributed by atoms with van der Waals surface area (Å²) in [6.07, 6.45) is 0. The highest BCUT2D eigenvalue weighted by atomic mass is 79.9. The SMILES string of the molecule is NS(=O)(=O)c1ccc(Oc2cc(F)cc(Br)c2)c(Cl)c1. The van der Waals surface area contributed by atoms with Crippen LogP contribution in [-0.2, 0) is 10.0 Å². The van der Waals surface area contributed by atoms with Crippen LogP contribution >= 0.6 is 27.5 Å². The summed E-state index contributed by atoms with van der Waals surface area (Å²) in [4.78, 5) is -0.129. The maximum Gasteiger partial charge on any atom is 0.238 e. The fourth-order valence-corrected chi connectivity index (χ4v) is 2.72. The number of benzene rings is 2. The predicted molar refractivity (Wildman–Crippen MR) is 77.0 cm³/mol. The van der Waals surface area contributed by atoms with Gasteiger partial charge in [0.15, 0.2) is 0 Å². The molecule has 106 valence electrons. The van der Waals surface area contributed by atoms with Crippen molar-refractivity contribution in [3.63, 3.8) is 0 Å². The fraction of sp³-hybridized carbons (Fsp3) is 0. The molecule has 8 heteroatoms. The lowest BCUT2D eigenvalue weighted by Crippen LogP contribution is -2.11. The van der Waals surface area contributed by atoms with E-state index >= 15 is 0 Å². The van der Waals surface area contributed by atoms with Crippen LogP contribution in [0.15, 0.2) is 45.8 Å². The van der Waals surface area contributed by atoms with Crippen LogP contribution in [0.2, 0.25) is 5.02 Å². The quantitative estimate of drug-likeness (QED) is 0.883. The molecule has 0 saturated heterocycles. The fourth-order valence-electron chi connectivity index (χ4n) is 1.46. The molecule has 0 amide bonds. The molecule has 0 fully saturated rings. The van der Waals surface area contributed by atoms with Gasteiger partial charge in [0.05, 0.1) is 9.92 Å². The Morgan fingerprint density at radius 2 is 1.90 bits per heavy atom. The first-order chi connectivity index (χ1) is 9.25. The van der Waals surface area contributed by atoms with Crippen LogP contribution in [0, 0.1) is 5.82 Å². The second-order valence-electron chi connectivity index (χ2n) is 3.84. The Bertz CT molecular complexity index is 747. The van der Waals surface area contributed by atoms with Crippen molar-refractivity contribution in [2.45, 2.75) is 4.90 Å². The Morgan fingerprint density at radius 1 is 1.20 bits per heavy atom.